The predicted octanol–water partition coefficient (Wildman–Crippen LogP) is 0.372. The van der Waals surface area contributed by atoms with Crippen LogP contribution >= 0.6 is 0 Å². The van der Waals surface area contributed by atoms with Crippen LogP contribution in [0.2, 0.25) is 0 Å². The first-order chi connectivity index (χ1) is 6.95. The van der Waals surface area contributed by atoms with E-state index in [1.165, 1.54) is 0 Å². The Morgan fingerprint density at radius 1 is 1.20 bits per heavy atom. The molecule has 0 aromatic heterocycles. The largest absolute Gasteiger partial charge is 0.394 e. The fourth-order valence-corrected chi connectivity index (χ4v) is 2.68. The van der Waals surface area contributed by atoms with Gasteiger partial charge in [-0.3, -0.25) is 0 Å². The number of hydrogen-bond acceptors (Lipinski definition) is 3. The first kappa shape index (κ1) is 14.8. The van der Waals surface area contributed by atoms with Gasteiger partial charge in [-0.25, -0.2) is 4.72 Å². The van der Waals surface area contributed by atoms with Crippen molar-refractivity contribution in [2.24, 2.45) is 0 Å². The van der Waals surface area contributed by atoms with E-state index in [9.17, 15) is 13.5 Å². The van der Waals surface area contributed by atoms with Gasteiger partial charge in [-0.15, -0.1) is 0 Å². The van der Waals surface area contributed by atoms with Gasteiger partial charge in [-0.05, 0) is 19.3 Å². The van der Waals surface area contributed by atoms with E-state index < -0.39 is 15.7 Å². The molecule has 0 bridgehead atoms. The Labute approximate surface area is 92.4 Å². The number of hydrogen-bond donors (Lipinski definition) is 3. The molecule has 6 heteroatoms. The maximum Gasteiger partial charge on any atom is 0.277 e. The van der Waals surface area contributed by atoms with Crippen LogP contribution < -0.4 is 9.44 Å². The molecule has 0 aromatic rings. The summed E-state index contributed by atoms with van der Waals surface area (Å²) in [6, 6.07) is 0. The second kappa shape index (κ2) is 6.42. The highest BCUT2D eigenvalue weighted by Crippen LogP contribution is 2.14. The van der Waals surface area contributed by atoms with Crippen LogP contribution in [0.25, 0.3) is 0 Å². The molecule has 5 nitrogen and oxygen atoms in total. The molecule has 0 unspecified atom stereocenters. The number of aliphatic hydroxyl groups excluding tert-OH is 1. The highest BCUT2D eigenvalue weighted by atomic mass is 32.2. The van der Waals surface area contributed by atoms with E-state index in [0.717, 1.165) is 6.42 Å². The van der Waals surface area contributed by atoms with Crippen LogP contribution in [-0.2, 0) is 10.2 Å². The molecule has 3 N–H and O–H groups in total. The van der Waals surface area contributed by atoms with E-state index in [0.29, 0.717) is 19.4 Å². The molecule has 0 aliphatic carbocycles. The number of nitrogens with one attached hydrogen (secondary N) is 2. The van der Waals surface area contributed by atoms with Crippen molar-refractivity contribution in [3.63, 3.8) is 0 Å². The minimum absolute atomic E-state index is 0.187. The van der Waals surface area contributed by atoms with E-state index >= 15 is 0 Å². The molecule has 0 rings (SSSR count). The van der Waals surface area contributed by atoms with E-state index in [1.807, 2.05) is 20.8 Å². The third-order valence-corrected chi connectivity index (χ3v) is 3.84. The monoisotopic (exact) mass is 238 g/mol. The van der Waals surface area contributed by atoms with Crippen molar-refractivity contribution in [1.82, 2.24) is 9.44 Å². The summed E-state index contributed by atoms with van der Waals surface area (Å²) < 4.78 is 28.0. The van der Waals surface area contributed by atoms with Crippen molar-refractivity contribution in [2.75, 3.05) is 13.2 Å². The van der Waals surface area contributed by atoms with E-state index in [-0.39, 0.29) is 6.61 Å². The summed E-state index contributed by atoms with van der Waals surface area (Å²) in [5, 5.41) is 9.21. The quantitative estimate of drug-likeness (QED) is 0.572. The molecular weight excluding hydrogens is 216 g/mol. The lowest BCUT2D eigenvalue weighted by Gasteiger charge is -2.30. The van der Waals surface area contributed by atoms with E-state index in [2.05, 4.69) is 9.44 Å². The Hall–Kier alpha value is -0.170. The van der Waals surface area contributed by atoms with Crippen LogP contribution in [0, 0.1) is 0 Å². The summed E-state index contributed by atoms with van der Waals surface area (Å²) in [6.07, 6.45) is 1.87. The lowest BCUT2D eigenvalue weighted by Crippen LogP contribution is -2.54. The highest BCUT2D eigenvalue weighted by Gasteiger charge is 2.30. The van der Waals surface area contributed by atoms with Crippen LogP contribution in [0.5, 0.6) is 0 Å². The van der Waals surface area contributed by atoms with Gasteiger partial charge in [0.2, 0.25) is 0 Å². The van der Waals surface area contributed by atoms with Gasteiger partial charge in [-0.1, -0.05) is 20.8 Å². The summed E-state index contributed by atoms with van der Waals surface area (Å²) in [7, 11) is -3.50. The topological polar surface area (TPSA) is 78.4 Å². The maximum atomic E-state index is 11.5. The maximum absolute atomic E-state index is 11.5. The second-order valence-electron chi connectivity index (χ2n) is 3.65. The fourth-order valence-electron chi connectivity index (χ4n) is 1.21. The average Bonchev–Trinajstić information content (AvgIpc) is 2.23. The summed E-state index contributed by atoms with van der Waals surface area (Å²) in [6.45, 7) is 5.81. The zero-order chi connectivity index (χ0) is 11.9. The van der Waals surface area contributed by atoms with Gasteiger partial charge in [0.05, 0.1) is 12.1 Å². The molecular formula is C9H22N2O3S. The zero-order valence-corrected chi connectivity index (χ0v) is 10.5. The summed E-state index contributed by atoms with van der Waals surface area (Å²) in [4.78, 5) is 0. The Balaban J connectivity index is 4.52. The van der Waals surface area contributed by atoms with Crippen molar-refractivity contribution in [3.8, 4) is 0 Å². The SMILES string of the molecule is CCCNS(=O)(=O)NC(CC)(CC)CO. The van der Waals surface area contributed by atoms with Gasteiger partial charge in [-0.2, -0.15) is 13.1 Å². The second-order valence-corrected chi connectivity index (χ2v) is 5.15. The molecule has 0 saturated carbocycles. The molecule has 92 valence electrons. The Bertz CT molecular complexity index is 252. The molecule has 0 radical (unpaired) electrons. The molecule has 0 spiro atoms. The van der Waals surface area contributed by atoms with E-state index in [1.54, 1.807) is 0 Å². The van der Waals surface area contributed by atoms with Gasteiger partial charge in [0.15, 0.2) is 0 Å². The fraction of sp³-hybridized carbons (Fsp3) is 1.00. The van der Waals surface area contributed by atoms with Crippen molar-refractivity contribution in [1.29, 1.82) is 0 Å². The number of rotatable bonds is 8. The van der Waals surface area contributed by atoms with E-state index in [4.69, 9.17) is 0 Å². The summed E-state index contributed by atoms with van der Waals surface area (Å²) in [5.41, 5.74) is -0.737. The molecule has 0 heterocycles. The van der Waals surface area contributed by atoms with Crippen LogP contribution in [0.3, 0.4) is 0 Å². The van der Waals surface area contributed by atoms with Crippen LogP contribution in [0.4, 0.5) is 0 Å². The van der Waals surface area contributed by atoms with Crippen LogP contribution in [0.1, 0.15) is 40.0 Å². The lowest BCUT2D eigenvalue weighted by molar-refractivity contribution is 0.172. The van der Waals surface area contributed by atoms with Crippen molar-refractivity contribution >= 4 is 10.2 Å². The Morgan fingerprint density at radius 3 is 2.07 bits per heavy atom. The van der Waals surface area contributed by atoms with Gasteiger partial charge in [0.1, 0.15) is 0 Å². The standard InChI is InChI=1S/C9H22N2O3S/c1-4-7-10-15(13,14)11-9(5-2,6-3)8-12/h10-12H,4-8H2,1-3H3. The average molecular weight is 238 g/mol. The summed E-state index contributed by atoms with van der Waals surface area (Å²) in [5.74, 6) is 0. The molecule has 15 heavy (non-hydrogen) atoms. The third kappa shape index (κ3) is 4.92. The van der Waals surface area contributed by atoms with Gasteiger partial charge in [0.25, 0.3) is 10.2 Å². The van der Waals surface area contributed by atoms with Crippen LogP contribution in [0.15, 0.2) is 0 Å². The van der Waals surface area contributed by atoms with Crippen LogP contribution in [-0.4, -0.2) is 32.2 Å². The molecule has 0 aromatic carbocycles. The normalized spacial score (nSPS) is 13.1. The Morgan fingerprint density at radius 2 is 1.73 bits per heavy atom. The molecule has 0 atom stereocenters. The molecule has 0 saturated heterocycles. The minimum atomic E-state index is -3.50. The lowest BCUT2D eigenvalue weighted by atomic mass is 9.96. The summed E-state index contributed by atoms with van der Waals surface area (Å²) >= 11 is 0. The van der Waals surface area contributed by atoms with Gasteiger partial charge in [0, 0.05) is 6.54 Å². The molecule has 0 amide bonds. The van der Waals surface area contributed by atoms with Crippen molar-refractivity contribution in [2.45, 2.75) is 45.6 Å². The number of aliphatic hydroxyl groups is 1. The van der Waals surface area contributed by atoms with Crippen molar-refractivity contribution < 1.29 is 13.5 Å². The molecule has 0 aliphatic heterocycles. The van der Waals surface area contributed by atoms with Gasteiger partial charge >= 0.3 is 0 Å². The molecule has 0 aliphatic rings. The van der Waals surface area contributed by atoms with Gasteiger partial charge < -0.3 is 5.11 Å². The first-order valence-electron chi connectivity index (χ1n) is 5.34. The minimum Gasteiger partial charge on any atom is -0.394 e. The predicted molar refractivity (Wildman–Crippen MR) is 60.7 cm³/mol. The highest BCUT2D eigenvalue weighted by molar-refractivity contribution is 7.87. The first-order valence-corrected chi connectivity index (χ1v) is 6.83. The molecule has 0 fully saturated rings. The zero-order valence-electron chi connectivity index (χ0n) is 9.71. The third-order valence-electron chi connectivity index (χ3n) is 2.55. The van der Waals surface area contributed by atoms with Crippen molar-refractivity contribution in [3.05, 3.63) is 0 Å². The smallest absolute Gasteiger partial charge is 0.277 e. The Kier molecular flexibility index (Phi) is 6.35.